The van der Waals surface area contributed by atoms with Crippen molar-refractivity contribution in [2.24, 2.45) is 5.10 Å². The third-order valence-corrected chi connectivity index (χ3v) is 4.67. The van der Waals surface area contributed by atoms with Crippen LogP contribution in [0.15, 0.2) is 53.6 Å². The van der Waals surface area contributed by atoms with Gasteiger partial charge in [-0.1, -0.05) is 18.2 Å². The number of para-hydroxylation sites is 1. The molecule has 0 bridgehead atoms. The summed E-state index contributed by atoms with van der Waals surface area (Å²) >= 11 is 0. The van der Waals surface area contributed by atoms with Crippen LogP contribution in [0, 0.1) is 10.1 Å². The second kappa shape index (κ2) is 8.95. The number of rotatable bonds is 8. The maximum absolute atomic E-state index is 12.1. The molecule has 2 rings (SSSR count). The summed E-state index contributed by atoms with van der Waals surface area (Å²) in [5, 5.41) is 14.7. The number of sulfonamides is 1. The van der Waals surface area contributed by atoms with E-state index in [1.54, 1.807) is 30.3 Å². The Balaban J connectivity index is 2.09. The Bertz CT molecular complexity index is 992. The van der Waals surface area contributed by atoms with Gasteiger partial charge in [-0.15, -0.1) is 0 Å². The number of hydrazone groups is 1. The van der Waals surface area contributed by atoms with Crippen molar-refractivity contribution < 1.29 is 22.9 Å². The van der Waals surface area contributed by atoms with E-state index in [1.165, 1.54) is 31.5 Å². The van der Waals surface area contributed by atoms with Crippen LogP contribution in [-0.2, 0) is 14.8 Å². The number of nitro groups is 1. The molecule has 0 atom stereocenters. The number of methoxy groups -OCH3 is 1. The Morgan fingerprint density at radius 1 is 1.29 bits per heavy atom. The third-order valence-electron chi connectivity index (χ3n) is 3.53. The highest BCUT2D eigenvalue weighted by Crippen LogP contribution is 2.26. The van der Waals surface area contributed by atoms with E-state index in [0.29, 0.717) is 11.3 Å². The van der Waals surface area contributed by atoms with Crippen LogP contribution in [0.3, 0.4) is 0 Å². The first-order valence-corrected chi connectivity index (χ1v) is 9.74. The molecule has 2 aromatic carbocycles. The Kier molecular flexibility index (Phi) is 6.66. The molecule has 1 N–H and O–H groups in total. The predicted molar refractivity (Wildman–Crippen MR) is 104 cm³/mol. The molecule has 0 aromatic heterocycles. The molecule has 0 heterocycles. The van der Waals surface area contributed by atoms with E-state index in [2.05, 4.69) is 10.5 Å². The van der Waals surface area contributed by atoms with Gasteiger partial charge in [0.1, 0.15) is 6.54 Å². The minimum atomic E-state index is -3.68. The summed E-state index contributed by atoms with van der Waals surface area (Å²) in [6, 6.07) is 12.3. The molecular formula is C17H18N4O6S. The lowest BCUT2D eigenvalue weighted by atomic mass is 10.2. The van der Waals surface area contributed by atoms with Gasteiger partial charge in [-0.3, -0.25) is 19.2 Å². The Labute approximate surface area is 161 Å². The van der Waals surface area contributed by atoms with Crippen LogP contribution in [-0.4, -0.2) is 45.4 Å². The lowest BCUT2D eigenvalue weighted by molar-refractivity contribution is -0.385. The van der Waals surface area contributed by atoms with Gasteiger partial charge in [0.25, 0.3) is 5.91 Å². The van der Waals surface area contributed by atoms with Gasteiger partial charge >= 0.3 is 5.69 Å². The molecule has 1 amide bonds. The average Bonchev–Trinajstić information content (AvgIpc) is 2.65. The molecular weight excluding hydrogens is 388 g/mol. The zero-order valence-corrected chi connectivity index (χ0v) is 15.9. The summed E-state index contributed by atoms with van der Waals surface area (Å²) in [5.41, 5.74) is 2.66. The summed E-state index contributed by atoms with van der Waals surface area (Å²) in [4.78, 5) is 22.5. The number of benzene rings is 2. The van der Waals surface area contributed by atoms with Gasteiger partial charge in [0.05, 0.1) is 30.2 Å². The molecule has 11 heteroatoms. The van der Waals surface area contributed by atoms with Crippen LogP contribution in [0.4, 0.5) is 11.4 Å². The topological polar surface area (TPSA) is 131 Å². The SMILES string of the molecule is COc1ccc(/C=N\NC(=O)CN(c2ccccc2)S(C)(=O)=O)cc1[N+](=O)[O-]. The molecule has 0 aliphatic rings. The van der Waals surface area contributed by atoms with Gasteiger partial charge in [-0.25, -0.2) is 13.8 Å². The van der Waals surface area contributed by atoms with Crippen LogP contribution in [0.25, 0.3) is 0 Å². The van der Waals surface area contributed by atoms with E-state index in [9.17, 15) is 23.3 Å². The van der Waals surface area contributed by atoms with Gasteiger partial charge < -0.3 is 4.74 Å². The summed E-state index contributed by atoms with van der Waals surface area (Å²) in [6.07, 6.45) is 2.20. The number of nitrogens with one attached hydrogen (secondary N) is 1. The number of nitro benzene ring substituents is 1. The number of amides is 1. The summed E-state index contributed by atoms with van der Waals surface area (Å²) in [6.45, 7) is -0.469. The summed E-state index contributed by atoms with van der Waals surface area (Å²) in [5.74, 6) is -0.577. The normalized spacial score (nSPS) is 11.2. The van der Waals surface area contributed by atoms with E-state index in [0.717, 1.165) is 10.6 Å². The second-order valence-electron chi connectivity index (χ2n) is 5.59. The molecule has 2 aromatic rings. The van der Waals surface area contributed by atoms with Crippen molar-refractivity contribution in [1.29, 1.82) is 0 Å². The van der Waals surface area contributed by atoms with Gasteiger partial charge in [0, 0.05) is 11.6 Å². The van der Waals surface area contributed by atoms with Gasteiger partial charge in [0.2, 0.25) is 10.0 Å². The van der Waals surface area contributed by atoms with Crippen molar-refractivity contribution in [3.63, 3.8) is 0 Å². The number of carbonyl (C=O) groups is 1. The fourth-order valence-electron chi connectivity index (χ4n) is 2.27. The van der Waals surface area contributed by atoms with Crippen LogP contribution in [0.2, 0.25) is 0 Å². The number of carbonyl (C=O) groups excluding carboxylic acids is 1. The van der Waals surface area contributed by atoms with Gasteiger partial charge in [0.15, 0.2) is 5.75 Å². The zero-order chi connectivity index (χ0) is 20.7. The maximum Gasteiger partial charge on any atom is 0.311 e. The second-order valence-corrected chi connectivity index (χ2v) is 7.49. The molecule has 0 aliphatic carbocycles. The van der Waals surface area contributed by atoms with Crippen molar-refractivity contribution in [3.8, 4) is 5.75 Å². The highest BCUT2D eigenvalue weighted by molar-refractivity contribution is 7.92. The first-order valence-electron chi connectivity index (χ1n) is 7.89. The van der Waals surface area contributed by atoms with Crippen LogP contribution in [0.5, 0.6) is 5.75 Å². The minimum Gasteiger partial charge on any atom is -0.490 e. The first-order chi connectivity index (χ1) is 13.2. The van der Waals surface area contributed by atoms with E-state index < -0.39 is 27.4 Å². The fraction of sp³-hybridized carbons (Fsp3) is 0.176. The van der Waals surface area contributed by atoms with Gasteiger partial charge in [-0.2, -0.15) is 5.10 Å². The third kappa shape index (κ3) is 5.51. The molecule has 28 heavy (non-hydrogen) atoms. The minimum absolute atomic E-state index is 0.0952. The molecule has 10 nitrogen and oxygen atoms in total. The largest absolute Gasteiger partial charge is 0.490 e. The summed E-state index contributed by atoms with van der Waals surface area (Å²) < 4.78 is 29.8. The molecule has 0 spiro atoms. The van der Waals surface area contributed by atoms with Gasteiger partial charge in [-0.05, 0) is 24.3 Å². The number of nitrogens with zero attached hydrogens (tertiary/aromatic N) is 3. The molecule has 0 aliphatic heterocycles. The Morgan fingerprint density at radius 3 is 2.54 bits per heavy atom. The lowest BCUT2D eigenvalue weighted by Gasteiger charge is -2.21. The number of anilines is 1. The quantitative estimate of drug-likeness (QED) is 0.402. The van der Waals surface area contributed by atoms with Crippen LogP contribution >= 0.6 is 0 Å². The fourth-order valence-corrected chi connectivity index (χ4v) is 3.13. The molecule has 0 saturated carbocycles. The molecule has 0 radical (unpaired) electrons. The Hall–Kier alpha value is -3.47. The number of hydrogen-bond donors (Lipinski definition) is 1. The van der Waals surface area contributed by atoms with Crippen molar-refractivity contribution in [2.75, 3.05) is 24.2 Å². The number of ether oxygens (including phenoxy) is 1. The standard InChI is InChI=1S/C17H18N4O6S/c1-27-16-9-8-13(10-15(16)21(23)24)11-18-19-17(22)12-20(28(2,25)26)14-6-4-3-5-7-14/h3-11H,12H2,1-2H3,(H,19,22)/b18-11-. The smallest absolute Gasteiger partial charge is 0.311 e. The van der Waals surface area contributed by atoms with E-state index in [1.807, 2.05) is 0 Å². The van der Waals surface area contributed by atoms with Crippen molar-refractivity contribution in [2.45, 2.75) is 0 Å². The monoisotopic (exact) mass is 406 g/mol. The predicted octanol–water partition coefficient (Wildman–Crippen LogP) is 1.52. The van der Waals surface area contributed by atoms with Crippen molar-refractivity contribution >= 4 is 33.5 Å². The molecule has 0 unspecified atom stereocenters. The average molecular weight is 406 g/mol. The highest BCUT2D eigenvalue weighted by Gasteiger charge is 2.20. The van der Waals surface area contributed by atoms with Crippen molar-refractivity contribution in [1.82, 2.24) is 5.43 Å². The van der Waals surface area contributed by atoms with Crippen molar-refractivity contribution in [3.05, 3.63) is 64.2 Å². The highest BCUT2D eigenvalue weighted by atomic mass is 32.2. The Morgan fingerprint density at radius 2 is 1.96 bits per heavy atom. The molecule has 0 saturated heterocycles. The zero-order valence-electron chi connectivity index (χ0n) is 15.1. The van der Waals surface area contributed by atoms with E-state index in [-0.39, 0.29) is 11.4 Å². The van der Waals surface area contributed by atoms with E-state index in [4.69, 9.17) is 4.74 Å². The number of hydrogen-bond acceptors (Lipinski definition) is 7. The molecule has 0 fully saturated rings. The maximum atomic E-state index is 12.1. The summed E-state index contributed by atoms with van der Waals surface area (Å²) in [7, 11) is -2.37. The lowest BCUT2D eigenvalue weighted by Crippen LogP contribution is -2.38. The van der Waals surface area contributed by atoms with Crippen LogP contribution in [0.1, 0.15) is 5.56 Å². The molecule has 148 valence electrons. The van der Waals surface area contributed by atoms with E-state index >= 15 is 0 Å². The van der Waals surface area contributed by atoms with Crippen LogP contribution < -0.4 is 14.5 Å². The first kappa shape index (κ1) is 20.8.